The quantitative estimate of drug-likeness (QED) is 0.912. The smallest absolute Gasteiger partial charge is 0.324 e. The molecule has 0 saturated heterocycles. The molecule has 0 saturated carbocycles. The van der Waals surface area contributed by atoms with Crippen molar-refractivity contribution in [2.24, 2.45) is 0 Å². The van der Waals surface area contributed by atoms with Gasteiger partial charge in [0, 0.05) is 6.54 Å². The zero-order chi connectivity index (χ0) is 15.4. The standard InChI is InChI=1S/C13H20N6O2/c1-5-18(8-11-10(4)6-7-21-11)13(20)14-12-15-17-19(16-12)9(2)3/h6-7,9H,5,8H2,1-4H3,(H,14,16,20). The van der Waals surface area contributed by atoms with Crippen LogP contribution in [-0.4, -0.2) is 37.7 Å². The fourth-order valence-electron chi connectivity index (χ4n) is 1.74. The Labute approximate surface area is 123 Å². The molecule has 8 nitrogen and oxygen atoms in total. The summed E-state index contributed by atoms with van der Waals surface area (Å²) in [5, 5.41) is 14.4. The largest absolute Gasteiger partial charge is 0.467 e. The highest BCUT2D eigenvalue weighted by Crippen LogP contribution is 2.12. The van der Waals surface area contributed by atoms with Gasteiger partial charge in [-0.15, -0.1) is 5.10 Å². The summed E-state index contributed by atoms with van der Waals surface area (Å²) in [6.07, 6.45) is 1.62. The molecule has 1 N–H and O–H groups in total. The lowest BCUT2D eigenvalue weighted by Gasteiger charge is -2.19. The third-order valence-electron chi connectivity index (χ3n) is 3.08. The minimum atomic E-state index is -0.281. The van der Waals surface area contributed by atoms with Crippen LogP contribution in [0.4, 0.5) is 10.7 Å². The second-order valence-electron chi connectivity index (χ2n) is 5.00. The third kappa shape index (κ3) is 3.59. The molecule has 0 spiro atoms. The van der Waals surface area contributed by atoms with Crippen LogP contribution in [0.5, 0.6) is 0 Å². The minimum absolute atomic E-state index is 0.0937. The number of hydrogen-bond acceptors (Lipinski definition) is 5. The van der Waals surface area contributed by atoms with Crippen LogP contribution >= 0.6 is 0 Å². The van der Waals surface area contributed by atoms with Gasteiger partial charge in [0.15, 0.2) is 0 Å². The molecule has 2 aromatic heterocycles. The molecule has 2 heterocycles. The SMILES string of the molecule is CCN(Cc1occc1C)C(=O)Nc1nnn(C(C)C)n1. The highest BCUT2D eigenvalue weighted by molar-refractivity contribution is 5.87. The molecule has 0 aliphatic heterocycles. The number of nitrogens with one attached hydrogen (secondary N) is 1. The maximum absolute atomic E-state index is 12.2. The van der Waals surface area contributed by atoms with Crippen LogP contribution in [0.1, 0.15) is 38.1 Å². The number of hydrogen-bond donors (Lipinski definition) is 1. The number of carbonyl (C=O) groups is 1. The number of carbonyl (C=O) groups excluding carboxylic acids is 1. The van der Waals surface area contributed by atoms with Gasteiger partial charge in [0.05, 0.1) is 18.8 Å². The Bertz CT molecular complexity index is 603. The Morgan fingerprint density at radius 1 is 1.52 bits per heavy atom. The van der Waals surface area contributed by atoms with E-state index in [0.717, 1.165) is 11.3 Å². The fourth-order valence-corrected chi connectivity index (χ4v) is 1.74. The van der Waals surface area contributed by atoms with E-state index in [-0.39, 0.29) is 18.0 Å². The Morgan fingerprint density at radius 2 is 2.29 bits per heavy atom. The minimum Gasteiger partial charge on any atom is -0.467 e. The van der Waals surface area contributed by atoms with E-state index in [9.17, 15) is 4.79 Å². The van der Waals surface area contributed by atoms with Crippen molar-refractivity contribution in [3.63, 3.8) is 0 Å². The van der Waals surface area contributed by atoms with Crippen molar-refractivity contribution in [2.45, 2.75) is 40.3 Å². The second kappa shape index (κ2) is 6.38. The summed E-state index contributed by atoms with van der Waals surface area (Å²) in [7, 11) is 0. The number of amides is 2. The summed E-state index contributed by atoms with van der Waals surface area (Å²) in [5.41, 5.74) is 1.02. The van der Waals surface area contributed by atoms with Crippen LogP contribution in [-0.2, 0) is 6.54 Å². The van der Waals surface area contributed by atoms with E-state index in [4.69, 9.17) is 4.42 Å². The first kappa shape index (κ1) is 15.0. The molecule has 2 amide bonds. The van der Waals surface area contributed by atoms with Gasteiger partial charge in [-0.1, -0.05) is 5.10 Å². The Hall–Kier alpha value is -2.38. The molecule has 2 aromatic rings. The van der Waals surface area contributed by atoms with Crippen molar-refractivity contribution < 1.29 is 9.21 Å². The van der Waals surface area contributed by atoms with Gasteiger partial charge in [-0.05, 0) is 44.5 Å². The van der Waals surface area contributed by atoms with Crippen molar-refractivity contribution in [3.05, 3.63) is 23.7 Å². The average molecular weight is 292 g/mol. The number of urea groups is 1. The maximum Gasteiger partial charge on any atom is 0.324 e. The average Bonchev–Trinajstić information content (AvgIpc) is 3.05. The lowest BCUT2D eigenvalue weighted by Crippen LogP contribution is -2.34. The van der Waals surface area contributed by atoms with E-state index < -0.39 is 0 Å². The van der Waals surface area contributed by atoms with E-state index >= 15 is 0 Å². The van der Waals surface area contributed by atoms with Crippen LogP contribution in [0.15, 0.2) is 16.7 Å². The lowest BCUT2D eigenvalue weighted by molar-refractivity contribution is 0.207. The van der Waals surface area contributed by atoms with Crippen molar-refractivity contribution in [1.82, 2.24) is 25.1 Å². The van der Waals surface area contributed by atoms with Gasteiger partial charge in [-0.25, -0.2) is 4.79 Å². The van der Waals surface area contributed by atoms with E-state index in [1.807, 2.05) is 33.8 Å². The molecule has 2 rings (SSSR count). The van der Waals surface area contributed by atoms with E-state index in [2.05, 4.69) is 20.7 Å². The Balaban J connectivity index is 2.01. The molecule has 0 radical (unpaired) electrons. The Kier molecular flexibility index (Phi) is 4.56. The van der Waals surface area contributed by atoms with Gasteiger partial charge < -0.3 is 9.32 Å². The molecule has 21 heavy (non-hydrogen) atoms. The monoisotopic (exact) mass is 292 g/mol. The zero-order valence-electron chi connectivity index (χ0n) is 12.7. The van der Waals surface area contributed by atoms with E-state index in [1.54, 1.807) is 11.2 Å². The molecule has 0 aromatic carbocycles. The Morgan fingerprint density at radius 3 is 2.81 bits per heavy atom. The summed E-state index contributed by atoms with van der Waals surface area (Å²) in [6, 6.07) is 1.68. The molecule has 0 fully saturated rings. The van der Waals surface area contributed by atoms with Gasteiger partial charge in [-0.3, -0.25) is 5.32 Å². The predicted molar refractivity (Wildman–Crippen MR) is 76.7 cm³/mol. The second-order valence-corrected chi connectivity index (χ2v) is 5.00. The van der Waals surface area contributed by atoms with Gasteiger partial charge in [-0.2, -0.15) is 4.80 Å². The molecule has 114 valence electrons. The summed E-state index contributed by atoms with van der Waals surface area (Å²) < 4.78 is 5.36. The molecular weight excluding hydrogens is 272 g/mol. The fraction of sp³-hybridized carbons (Fsp3) is 0.538. The van der Waals surface area contributed by atoms with Gasteiger partial charge in [0.1, 0.15) is 5.76 Å². The van der Waals surface area contributed by atoms with Crippen molar-refractivity contribution >= 4 is 12.0 Å². The van der Waals surface area contributed by atoms with Crippen LogP contribution in [0.25, 0.3) is 0 Å². The zero-order valence-corrected chi connectivity index (χ0v) is 12.7. The van der Waals surface area contributed by atoms with Crippen LogP contribution in [0.2, 0.25) is 0 Å². The first-order valence-electron chi connectivity index (χ1n) is 6.89. The first-order chi connectivity index (χ1) is 10.0. The summed E-state index contributed by atoms with van der Waals surface area (Å²) >= 11 is 0. The van der Waals surface area contributed by atoms with Gasteiger partial charge >= 0.3 is 6.03 Å². The van der Waals surface area contributed by atoms with Crippen molar-refractivity contribution in [3.8, 4) is 0 Å². The third-order valence-corrected chi connectivity index (χ3v) is 3.08. The predicted octanol–water partition coefficient (Wildman–Crippen LogP) is 2.21. The summed E-state index contributed by atoms with van der Waals surface area (Å²) in [6.45, 7) is 8.66. The number of tetrazole rings is 1. The highest BCUT2D eigenvalue weighted by Gasteiger charge is 2.17. The molecular formula is C13H20N6O2. The van der Waals surface area contributed by atoms with E-state index in [0.29, 0.717) is 13.1 Å². The molecule has 0 aliphatic carbocycles. The summed E-state index contributed by atoms with van der Waals surface area (Å²) in [5.74, 6) is 0.967. The van der Waals surface area contributed by atoms with Crippen LogP contribution in [0.3, 0.4) is 0 Å². The van der Waals surface area contributed by atoms with Crippen molar-refractivity contribution in [1.29, 1.82) is 0 Å². The number of aromatic nitrogens is 4. The number of aryl methyl sites for hydroxylation is 1. The van der Waals surface area contributed by atoms with Crippen LogP contribution < -0.4 is 5.32 Å². The molecule has 0 atom stereocenters. The lowest BCUT2D eigenvalue weighted by atomic mass is 10.2. The number of anilines is 1. The van der Waals surface area contributed by atoms with Gasteiger partial charge in [0.25, 0.3) is 5.95 Å². The summed E-state index contributed by atoms with van der Waals surface area (Å²) in [4.78, 5) is 15.3. The number of rotatable bonds is 5. The molecule has 0 aliphatic rings. The molecule has 8 heteroatoms. The maximum atomic E-state index is 12.2. The number of furan rings is 1. The molecule has 0 unspecified atom stereocenters. The first-order valence-corrected chi connectivity index (χ1v) is 6.89. The topological polar surface area (TPSA) is 89.1 Å². The highest BCUT2D eigenvalue weighted by atomic mass is 16.3. The number of nitrogens with zero attached hydrogens (tertiary/aromatic N) is 5. The van der Waals surface area contributed by atoms with Gasteiger partial charge in [0.2, 0.25) is 0 Å². The normalized spacial score (nSPS) is 10.9. The molecule has 0 bridgehead atoms. The van der Waals surface area contributed by atoms with Crippen LogP contribution in [0, 0.1) is 6.92 Å². The van der Waals surface area contributed by atoms with Crippen molar-refractivity contribution in [2.75, 3.05) is 11.9 Å². The van der Waals surface area contributed by atoms with E-state index in [1.165, 1.54) is 4.80 Å².